The van der Waals surface area contributed by atoms with Crippen molar-refractivity contribution < 1.29 is 4.79 Å². The molecule has 132 valence electrons. The highest BCUT2D eigenvalue weighted by Gasteiger charge is 2.12. The van der Waals surface area contributed by atoms with E-state index < -0.39 is 0 Å². The van der Waals surface area contributed by atoms with Gasteiger partial charge in [0.2, 0.25) is 0 Å². The number of hydrogen-bond acceptors (Lipinski definition) is 4. The molecule has 0 spiro atoms. The lowest BCUT2D eigenvalue weighted by molar-refractivity contribution is 0.102. The molecular formula is C20H19ClN4O. The normalized spacial score (nSPS) is 10.4. The maximum atomic E-state index is 12.4. The number of amides is 1. The minimum Gasteiger partial charge on any atom is -0.354 e. The quantitative estimate of drug-likeness (QED) is 0.730. The summed E-state index contributed by atoms with van der Waals surface area (Å²) >= 11 is 6.08. The Bertz CT molecular complexity index is 897. The fourth-order valence-corrected chi connectivity index (χ4v) is 2.68. The third-order valence-corrected chi connectivity index (χ3v) is 4.45. The number of anilines is 2. The maximum Gasteiger partial charge on any atom is 0.275 e. The van der Waals surface area contributed by atoms with Gasteiger partial charge in [-0.25, -0.2) is 9.97 Å². The molecule has 0 saturated heterocycles. The van der Waals surface area contributed by atoms with Crippen molar-refractivity contribution in [3.05, 3.63) is 82.8 Å². The van der Waals surface area contributed by atoms with E-state index in [-0.39, 0.29) is 11.6 Å². The number of halogens is 1. The van der Waals surface area contributed by atoms with E-state index in [0.717, 1.165) is 5.56 Å². The van der Waals surface area contributed by atoms with Gasteiger partial charge in [-0.2, -0.15) is 0 Å². The lowest BCUT2D eigenvalue weighted by Gasteiger charge is -2.18. The zero-order chi connectivity index (χ0) is 18.5. The van der Waals surface area contributed by atoms with Crippen LogP contribution in [0.1, 0.15) is 21.6 Å². The van der Waals surface area contributed by atoms with Crippen molar-refractivity contribution in [2.45, 2.75) is 13.5 Å². The van der Waals surface area contributed by atoms with Crippen molar-refractivity contribution in [3.63, 3.8) is 0 Å². The van der Waals surface area contributed by atoms with Crippen molar-refractivity contribution in [3.8, 4) is 0 Å². The van der Waals surface area contributed by atoms with E-state index in [1.807, 2.05) is 37.1 Å². The zero-order valence-corrected chi connectivity index (χ0v) is 15.4. The topological polar surface area (TPSA) is 58.1 Å². The lowest BCUT2D eigenvalue weighted by Crippen LogP contribution is -2.19. The summed E-state index contributed by atoms with van der Waals surface area (Å²) in [7, 11) is 1.94. The molecule has 6 heteroatoms. The predicted octanol–water partition coefficient (Wildman–Crippen LogP) is 4.33. The van der Waals surface area contributed by atoms with Gasteiger partial charge in [-0.15, -0.1) is 0 Å². The van der Waals surface area contributed by atoms with Gasteiger partial charge in [0.1, 0.15) is 11.5 Å². The average molecular weight is 367 g/mol. The van der Waals surface area contributed by atoms with Crippen molar-refractivity contribution in [2.24, 2.45) is 0 Å². The molecule has 0 aliphatic carbocycles. The molecule has 0 aliphatic heterocycles. The summed E-state index contributed by atoms with van der Waals surface area (Å²) in [5, 5.41) is 3.42. The Labute approximate surface area is 157 Å². The van der Waals surface area contributed by atoms with Crippen LogP contribution in [0.25, 0.3) is 0 Å². The fraction of sp³-hybridized carbons (Fsp3) is 0.150. The molecule has 0 saturated carbocycles. The zero-order valence-electron chi connectivity index (χ0n) is 14.6. The van der Waals surface area contributed by atoms with E-state index in [2.05, 4.69) is 27.4 Å². The second kappa shape index (κ2) is 7.97. The van der Waals surface area contributed by atoms with E-state index in [1.165, 1.54) is 11.8 Å². The highest BCUT2D eigenvalue weighted by Crippen LogP contribution is 2.23. The number of benzene rings is 2. The van der Waals surface area contributed by atoms with E-state index in [9.17, 15) is 4.79 Å². The molecule has 3 rings (SSSR count). The summed E-state index contributed by atoms with van der Waals surface area (Å²) in [6.45, 7) is 2.56. The molecule has 0 atom stereocenters. The molecule has 1 aromatic heterocycles. The van der Waals surface area contributed by atoms with Gasteiger partial charge in [0.25, 0.3) is 5.91 Å². The number of hydrogen-bond donors (Lipinski definition) is 1. The van der Waals surface area contributed by atoms with Crippen LogP contribution in [0.4, 0.5) is 11.5 Å². The Morgan fingerprint density at radius 2 is 1.85 bits per heavy atom. The van der Waals surface area contributed by atoms with Gasteiger partial charge >= 0.3 is 0 Å². The van der Waals surface area contributed by atoms with Crippen LogP contribution in [0.15, 0.2) is 60.9 Å². The van der Waals surface area contributed by atoms with Crippen LogP contribution < -0.4 is 10.2 Å². The van der Waals surface area contributed by atoms with Gasteiger partial charge in [0, 0.05) is 24.3 Å². The molecule has 3 aromatic rings. The summed E-state index contributed by atoms with van der Waals surface area (Å²) in [4.78, 5) is 23.0. The Hall–Kier alpha value is -2.92. The Balaban J connectivity index is 1.68. The van der Waals surface area contributed by atoms with E-state index in [4.69, 9.17) is 11.6 Å². The summed E-state index contributed by atoms with van der Waals surface area (Å²) in [5.74, 6) is 0.379. The molecule has 1 heterocycles. The molecule has 1 amide bonds. The van der Waals surface area contributed by atoms with Crippen molar-refractivity contribution in [1.29, 1.82) is 0 Å². The standard InChI is InChI=1S/C20H19ClN4O/c1-14-16(21)9-6-10-17(14)24-20(26)18-11-23-19(12-22-18)25(2)13-15-7-4-3-5-8-15/h3-12H,13H2,1-2H3,(H,24,26). The van der Waals surface area contributed by atoms with Crippen molar-refractivity contribution in [1.82, 2.24) is 9.97 Å². The SMILES string of the molecule is Cc1c(Cl)cccc1NC(=O)c1cnc(N(C)Cc2ccccc2)cn1. The van der Waals surface area contributed by atoms with Crippen LogP contribution in [0.3, 0.4) is 0 Å². The predicted molar refractivity (Wildman–Crippen MR) is 105 cm³/mol. The van der Waals surface area contributed by atoms with Crippen LogP contribution >= 0.6 is 11.6 Å². The third-order valence-electron chi connectivity index (χ3n) is 4.04. The lowest BCUT2D eigenvalue weighted by atomic mass is 10.2. The first-order valence-corrected chi connectivity index (χ1v) is 8.56. The Morgan fingerprint density at radius 3 is 2.54 bits per heavy atom. The maximum absolute atomic E-state index is 12.4. The second-order valence-corrected chi connectivity index (χ2v) is 6.38. The number of carbonyl (C=O) groups is 1. The first kappa shape index (κ1) is 17.9. The van der Waals surface area contributed by atoms with Gasteiger partial charge in [0.05, 0.1) is 12.4 Å². The molecule has 26 heavy (non-hydrogen) atoms. The van der Waals surface area contributed by atoms with Gasteiger partial charge in [-0.1, -0.05) is 48.0 Å². The average Bonchev–Trinajstić information content (AvgIpc) is 2.66. The second-order valence-electron chi connectivity index (χ2n) is 5.97. The first-order valence-electron chi connectivity index (χ1n) is 8.18. The van der Waals surface area contributed by atoms with Crippen molar-refractivity contribution in [2.75, 3.05) is 17.3 Å². The summed E-state index contributed by atoms with van der Waals surface area (Å²) < 4.78 is 0. The number of rotatable bonds is 5. The number of carbonyl (C=O) groups excluding carboxylic acids is 1. The molecule has 0 fully saturated rings. The largest absolute Gasteiger partial charge is 0.354 e. The molecule has 2 aromatic carbocycles. The number of nitrogens with zero attached hydrogens (tertiary/aromatic N) is 3. The van der Waals surface area contributed by atoms with Crippen LogP contribution in [0.2, 0.25) is 5.02 Å². The molecular weight excluding hydrogens is 348 g/mol. The third kappa shape index (κ3) is 4.18. The number of nitrogens with one attached hydrogen (secondary N) is 1. The minimum absolute atomic E-state index is 0.251. The molecule has 0 radical (unpaired) electrons. The van der Waals surface area contributed by atoms with Crippen LogP contribution in [0, 0.1) is 6.92 Å². The summed E-state index contributed by atoms with van der Waals surface area (Å²) in [6.07, 6.45) is 3.08. The van der Waals surface area contributed by atoms with Crippen LogP contribution in [0.5, 0.6) is 0 Å². The summed E-state index contributed by atoms with van der Waals surface area (Å²) in [6, 6.07) is 15.5. The van der Waals surface area contributed by atoms with Crippen LogP contribution in [-0.2, 0) is 6.54 Å². The molecule has 0 aliphatic rings. The van der Waals surface area contributed by atoms with Crippen molar-refractivity contribution >= 4 is 29.0 Å². The molecule has 1 N–H and O–H groups in total. The van der Waals surface area contributed by atoms with Gasteiger partial charge in [-0.3, -0.25) is 4.79 Å². The fourth-order valence-electron chi connectivity index (χ4n) is 2.50. The van der Waals surface area contributed by atoms with Gasteiger partial charge < -0.3 is 10.2 Å². The number of aromatic nitrogens is 2. The van der Waals surface area contributed by atoms with Gasteiger partial charge in [0.15, 0.2) is 0 Å². The molecule has 0 unspecified atom stereocenters. The monoisotopic (exact) mass is 366 g/mol. The highest BCUT2D eigenvalue weighted by molar-refractivity contribution is 6.31. The Kier molecular flexibility index (Phi) is 5.49. The molecule has 0 bridgehead atoms. The van der Waals surface area contributed by atoms with E-state index >= 15 is 0 Å². The highest BCUT2D eigenvalue weighted by atomic mass is 35.5. The molecule has 5 nitrogen and oxygen atoms in total. The smallest absolute Gasteiger partial charge is 0.275 e. The van der Waals surface area contributed by atoms with Gasteiger partial charge in [-0.05, 0) is 30.2 Å². The summed E-state index contributed by atoms with van der Waals surface area (Å²) in [5.41, 5.74) is 2.90. The first-order chi connectivity index (χ1) is 12.5. The Morgan fingerprint density at radius 1 is 1.08 bits per heavy atom. The van der Waals surface area contributed by atoms with E-state index in [0.29, 0.717) is 23.1 Å². The van der Waals surface area contributed by atoms with Crippen LogP contribution in [-0.4, -0.2) is 22.9 Å². The van der Waals surface area contributed by atoms with E-state index in [1.54, 1.807) is 24.4 Å². The minimum atomic E-state index is -0.319.